The lowest BCUT2D eigenvalue weighted by Gasteiger charge is -2.13. The Bertz CT molecular complexity index is 529. The molecule has 0 spiro atoms. The Morgan fingerprint density at radius 2 is 2.37 bits per heavy atom. The average Bonchev–Trinajstić information content (AvgIpc) is 3.11. The molecule has 0 aromatic carbocycles. The van der Waals surface area contributed by atoms with Gasteiger partial charge in [-0.05, 0) is 32.4 Å². The van der Waals surface area contributed by atoms with Crippen LogP contribution in [-0.4, -0.2) is 27.7 Å². The van der Waals surface area contributed by atoms with Crippen molar-refractivity contribution < 1.29 is 4.74 Å². The maximum Gasteiger partial charge on any atom is 0.213 e. The molecule has 0 radical (unpaired) electrons. The van der Waals surface area contributed by atoms with Gasteiger partial charge in [0.25, 0.3) is 0 Å². The van der Waals surface area contributed by atoms with Crippen molar-refractivity contribution in [2.45, 2.75) is 25.8 Å². The number of ether oxygens (including phenoxy) is 1. The van der Waals surface area contributed by atoms with Crippen LogP contribution in [0.5, 0.6) is 5.88 Å². The van der Waals surface area contributed by atoms with E-state index in [1.165, 1.54) is 12.1 Å². The molecule has 2 aromatic heterocycles. The van der Waals surface area contributed by atoms with Gasteiger partial charge >= 0.3 is 0 Å². The van der Waals surface area contributed by atoms with E-state index in [1.807, 2.05) is 37.8 Å². The Labute approximate surface area is 112 Å². The molecule has 1 aliphatic rings. The van der Waals surface area contributed by atoms with Crippen LogP contribution in [0.4, 0.5) is 0 Å². The van der Waals surface area contributed by atoms with Gasteiger partial charge in [-0.25, -0.2) is 9.97 Å². The summed E-state index contributed by atoms with van der Waals surface area (Å²) in [6, 6.07) is 4.30. The fraction of sp³-hybridized carbons (Fsp3) is 0.429. The zero-order valence-corrected chi connectivity index (χ0v) is 11.0. The Balaban J connectivity index is 1.87. The molecule has 2 aromatic rings. The third kappa shape index (κ3) is 2.46. The number of nitrogens with zero attached hydrogens (tertiary/aromatic N) is 3. The second-order valence-corrected chi connectivity index (χ2v) is 4.63. The maximum atomic E-state index is 5.36. The summed E-state index contributed by atoms with van der Waals surface area (Å²) in [6.07, 6.45) is 7.98. The number of hydrogen-bond donors (Lipinski definition) is 1. The zero-order chi connectivity index (χ0) is 13.1. The summed E-state index contributed by atoms with van der Waals surface area (Å²) >= 11 is 0. The lowest BCUT2D eigenvalue weighted by Crippen LogP contribution is -2.16. The lowest BCUT2D eigenvalue weighted by atomic mass is 10.1. The van der Waals surface area contributed by atoms with Crippen LogP contribution in [-0.2, 0) is 0 Å². The predicted molar refractivity (Wildman–Crippen MR) is 72.5 cm³/mol. The first kappa shape index (κ1) is 12.2. The first-order chi connectivity index (χ1) is 9.38. The number of nitrogens with one attached hydrogen (secondary N) is 1. The molecule has 1 atom stereocenters. The number of aromatic nitrogens is 3. The van der Waals surface area contributed by atoms with Crippen LogP contribution in [0.2, 0.25) is 0 Å². The number of imidazole rings is 1. The number of pyridine rings is 1. The minimum Gasteiger partial charge on any atom is -0.478 e. The van der Waals surface area contributed by atoms with Gasteiger partial charge in [-0.1, -0.05) is 0 Å². The number of rotatable bonds is 4. The molecule has 0 bridgehead atoms. The molecular weight excluding hydrogens is 240 g/mol. The summed E-state index contributed by atoms with van der Waals surface area (Å²) in [5, 5.41) is 3.49. The van der Waals surface area contributed by atoms with Crippen LogP contribution in [0.25, 0.3) is 5.69 Å². The van der Waals surface area contributed by atoms with Gasteiger partial charge in [0.2, 0.25) is 5.88 Å². The molecule has 100 valence electrons. The van der Waals surface area contributed by atoms with Crippen LogP contribution in [0.3, 0.4) is 0 Å². The molecular formula is C14H18N4O. The lowest BCUT2D eigenvalue weighted by molar-refractivity contribution is 0.327. The molecule has 3 rings (SSSR count). The highest BCUT2D eigenvalue weighted by molar-refractivity contribution is 5.34. The Hall–Kier alpha value is -1.88. The molecule has 1 fully saturated rings. The van der Waals surface area contributed by atoms with E-state index < -0.39 is 0 Å². The van der Waals surface area contributed by atoms with Crippen LogP contribution in [0.15, 0.2) is 30.9 Å². The van der Waals surface area contributed by atoms with Crippen LogP contribution < -0.4 is 10.1 Å². The third-order valence-corrected chi connectivity index (χ3v) is 3.38. The van der Waals surface area contributed by atoms with Gasteiger partial charge in [0.1, 0.15) is 0 Å². The van der Waals surface area contributed by atoms with E-state index in [4.69, 9.17) is 4.74 Å². The second kappa shape index (κ2) is 5.40. The van der Waals surface area contributed by atoms with E-state index in [0.717, 1.165) is 18.7 Å². The van der Waals surface area contributed by atoms with Crippen molar-refractivity contribution in [1.82, 2.24) is 19.9 Å². The molecule has 0 unspecified atom stereocenters. The van der Waals surface area contributed by atoms with Gasteiger partial charge in [-0.3, -0.25) is 0 Å². The molecule has 0 saturated carbocycles. The van der Waals surface area contributed by atoms with Gasteiger partial charge in [0.15, 0.2) is 0 Å². The van der Waals surface area contributed by atoms with Gasteiger partial charge in [-0.15, -0.1) is 0 Å². The Morgan fingerprint density at radius 3 is 3.05 bits per heavy atom. The average molecular weight is 258 g/mol. The van der Waals surface area contributed by atoms with E-state index in [9.17, 15) is 0 Å². The summed E-state index contributed by atoms with van der Waals surface area (Å²) in [5.41, 5.74) is 2.22. The monoisotopic (exact) mass is 258 g/mol. The van der Waals surface area contributed by atoms with Crippen molar-refractivity contribution >= 4 is 0 Å². The first-order valence-corrected chi connectivity index (χ1v) is 6.73. The topological polar surface area (TPSA) is 52.0 Å². The molecule has 1 saturated heterocycles. The minimum absolute atomic E-state index is 0.397. The number of hydrogen-bond acceptors (Lipinski definition) is 4. The quantitative estimate of drug-likeness (QED) is 0.912. The van der Waals surface area contributed by atoms with Crippen LogP contribution in [0.1, 0.15) is 31.5 Å². The van der Waals surface area contributed by atoms with Crippen LogP contribution in [0, 0.1) is 0 Å². The van der Waals surface area contributed by atoms with Gasteiger partial charge in [-0.2, -0.15) is 0 Å². The molecule has 5 nitrogen and oxygen atoms in total. The highest BCUT2D eigenvalue weighted by Gasteiger charge is 2.20. The summed E-state index contributed by atoms with van der Waals surface area (Å²) < 4.78 is 7.45. The normalized spacial score (nSPS) is 18.7. The van der Waals surface area contributed by atoms with Crippen molar-refractivity contribution in [1.29, 1.82) is 0 Å². The van der Waals surface area contributed by atoms with Crippen molar-refractivity contribution in [3.05, 3.63) is 36.5 Å². The Kier molecular flexibility index (Phi) is 3.46. The van der Waals surface area contributed by atoms with E-state index in [1.54, 1.807) is 0 Å². The van der Waals surface area contributed by atoms with E-state index in [0.29, 0.717) is 18.5 Å². The zero-order valence-electron chi connectivity index (χ0n) is 11.0. The van der Waals surface area contributed by atoms with Crippen LogP contribution >= 0.6 is 0 Å². The predicted octanol–water partition coefficient (Wildman–Crippen LogP) is 2.09. The first-order valence-electron chi connectivity index (χ1n) is 6.73. The van der Waals surface area contributed by atoms with Crippen molar-refractivity contribution in [2.75, 3.05) is 13.2 Å². The largest absolute Gasteiger partial charge is 0.478 e. The molecule has 3 heterocycles. The van der Waals surface area contributed by atoms with Gasteiger partial charge in [0, 0.05) is 12.1 Å². The smallest absolute Gasteiger partial charge is 0.213 e. The highest BCUT2D eigenvalue weighted by atomic mass is 16.5. The molecule has 0 amide bonds. The molecule has 19 heavy (non-hydrogen) atoms. The molecule has 5 heteroatoms. The summed E-state index contributed by atoms with van der Waals surface area (Å²) in [5.74, 6) is 0.659. The van der Waals surface area contributed by atoms with E-state index in [2.05, 4.69) is 19.9 Å². The van der Waals surface area contributed by atoms with Crippen molar-refractivity contribution in [2.24, 2.45) is 0 Å². The van der Waals surface area contributed by atoms with Gasteiger partial charge < -0.3 is 14.6 Å². The second-order valence-electron chi connectivity index (χ2n) is 4.63. The van der Waals surface area contributed by atoms with Crippen molar-refractivity contribution in [3.8, 4) is 11.6 Å². The molecule has 0 aliphatic carbocycles. The van der Waals surface area contributed by atoms with Crippen molar-refractivity contribution in [3.63, 3.8) is 0 Å². The van der Waals surface area contributed by atoms with Gasteiger partial charge in [0.05, 0.1) is 36.7 Å². The fourth-order valence-corrected chi connectivity index (χ4v) is 2.46. The standard InChI is InChI=1S/C14H18N4O/c1-2-19-14-6-5-11(8-17-14)18-10-15-9-13(18)12-4-3-7-16-12/h5-6,8-10,12,16H,2-4,7H2,1H3/t12-/m0/s1. The SMILES string of the molecule is CCOc1ccc(-n2cncc2[C@@H]2CCCN2)cn1. The summed E-state index contributed by atoms with van der Waals surface area (Å²) in [4.78, 5) is 8.57. The summed E-state index contributed by atoms with van der Waals surface area (Å²) in [7, 11) is 0. The highest BCUT2D eigenvalue weighted by Crippen LogP contribution is 2.25. The Morgan fingerprint density at radius 1 is 1.42 bits per heavy atom. The van der Waals surface area contributed by atoms with E-state index >= 15 is 0 Å². The van der Waals surface area contributed by atoms with E-state index in [-0.39, 0.29) is 0 Å². The third-order valence-electron chi connectivity index (χ3n) is 3.38. The maximum absolute atomic E-state index is 5.36. The minimum atomic E-state index is 0.397. The molecule has 1 aliphatic heterocycles. The summed E-state index contributed by atoms with van der Waals surface area (Å²) in [6.45, 7) is 3.67. The fourth-order valence-electron chi connectivity index (χ4n) is 2.46. The molecule has 1 N–H and O–H groups in total.